The number of carbonyl (C=O) groups is 1. The van der Waals surface area contributed by atoms with Crippen molar-refractivity contribution in [3.05, 3.63) is 24.3 Å². The molecule has 1 saturated heterocycles. The van der Waals surface area contributed by atoms with E-state index in [0.717, 1.165) is 37.5 Å². The number of nitrogens with two attached hydrogens (primary N) is 1. The Hall–Kier alpha value is -1.71. The first-order chi connectivity index (χ1) is 8.69. The number of rotatable bonds is 2. The minimum absolute atomic E-state index is 0.0184. The van der Waals surface area contributed by atoms with E-state index < -0.39 is 0 Å². The summed E-state index contributed by atoms with van der Waals surface area (Å²) in [6.45, 7) is 3.92. The van der Waals surface area contributed by atoms with Crippen molar-refractivity contribution >= 4 is 17.4 Å². The van der Waals surface area contributed by atoms with Gasteiger partial charge in [0.1, 0.15) is 0 Å². The third kappa shape index (κ3) is 3.15. The van der Waals surface area contributed by atoms with Gasteiger partial charge >= 0.3 is 6.03 Å². The van der Waals surface area contributed by atoms with E-state index in [9.17, 15) is 4.79 Å². The van der Waals surface area contributed by atoms with Gasteiger partial charge in [-0.3, -0.25) is 0 Å². The highest BCUT2D eigenvalue weighted by Crippen LogP contribution is 2.21. The van der Waals surface area contributed by atoms with Gasteiger partial charge in [0.05, 0.1) is 0 Å². The molecule has 4 nitrogen and oxygen atoms in total. The van der Waals surface area contributed by atoms with Crippen LogP contribution in [-0.4, -0.2) is 24.0 Å². The second kappa shape index (κ2) is 5.76. The van der Waals surface area contributed by atoms with Gasteiger partial charge in [0, 0.05) is 24.5 Å². The fourth-order valence-corrected chi connectivity index (χ4v) is 2.36. The number of hydrogen-bond acceptors (Lipinski definition) is 2. The normalized spacial score (nSPS) is 16.6. The topological polar surface area (TPSA) is 58.4 Å². The van der Waals surface area contributed by atoms with Crippen LogP contribution in [0.25, 0.3) is 0 Å². The van der Waals surface area contributed by atoms with Crippen molar-refractivity contribution in [2.45, 2.75) is 26.2 Å². The third-order valence-corrected chi connectivity index (χ3v) is 3.62. The Kier molecular flexibility index (Phi) is 4.07. The van der Waals surface area contributed by atoms with Crippen molar-refractivity contribution in [1.29, 1.82) is 0 Å². The largest absolute Gasteiger partial charge is 0.399 e. The summed E-state index contributed by atoms with van der Waals surface area (Å²) in [5.41, 5.74) is 7.11. The van der Waals surface area contributed by atoms with Crippen molar-refractivity contribution in [3.63, 3.8) is 0 Å². The molecule has 0 unspecified atom stereocenters. The first-order valence-electron chi connectivity index (χ1n) is 6.60. The van der Waals surface area contributed by atoms with E-state index in [0.29, 0.717) is 5.69 Å². The minimum Gasteiger partial charge on any atom is -0.399 e. The summed E-state index contributed by atoms with van der Waals surface area (Å²) >= 11 is 0. The number of hydrogen-bond donors (Lipinski definition) is 2. The van der Waals surface area contributed by atoms with Crippen LogP contribution in [-0.2, 0) is 0 Å². The number of likely N-dealkylation sites (tertiary alicyclic amines) is 1. The molecule has 1 aliphatic rings. The van der Waals surface area contributed by atoms with Crippen LogP contribution in [0.15, 0.2) is 24.3 Å². The molecule has 0 aromatic heterocycles. The lowest BCUT2D eigenvalue weighted by Crippen LogP contribution is -2.40. The second-order valence-electron chi connectivity index (χ2n) is 4.89. The molecule has 18 heavy (non-hydrogen) atoms. The Morgan fingerprint density at radius 1 is 1.44 bits per heavy atom. The summed E-state index contributed by atoms with van der Waals surface area (Å²) in [5, 5.41) is 2.89. The third-order valence-electron chi connectivity index (χ3n) is 3.62. The van der Waals surface area contributed by atoms with Crippen LogP contribution in [0.3, 0.4) is 0 Å². The van der Waals surface area contributed by atoms with Crippen LogP contribution < -0.4 is 11.1 Å². The van der Waals surface area contributed by atoms with Crippen molar-refractivity contribution in [1.82, 2.24) is 4.90 Å². The number of benzene rings is 1. The monoisotopic (exact) mass is 247 g/mol. The van der Waals surface area contributed by atoms with Crippen LogP contribution in [0, 0.1) is 5.92 Å². The van der Waals surface area contributed by atoms with Gasteiger partial charge in [-0.25, -0.2) is 4.79 Å². The summed E-state index contributed by atoms with van der Waals surface area (Å²) in [4.78, 5) is 13.9. The standard InChI is InChI=1S/C14H21N3O/c1-2-11-6-8-17(9-7-11)14(18)16-13-5-3-4-12(15)10-13/h3-5,10-11H,2,6-9,15H2,1H3,(H,16,18). The van der Waals surface area contributed by atoms with E-state index in [2.05, 4.69) is 12.2 Å². The zero-order valence-corrected chi connectivity index (χ0v) is 10.9. The number of urea groups is 1. The number of nitrogens with zero attached hydrogens (tertiary/aromatic N) is 1. The van der Waals surface area contributed by atoms with Gasteiger partial charge in [0.25, 0.3) is 0 Å². The van der Waals surface area contributed by atoms with Crippen molar-refractivity contribution < 1.29 is 4.79 Å². The van der Waals surface area contributed by atoms with Gasteiger partial charge in [0.15, 0.2) is 0 Å². The van der Waals surface area contributed by atoms with E-state index in [1.165, 1.54) is 6.42 Å². The predicted molar refractivity (Wildman–Crippen MR) is 74.5 cm³/mol. The van der Waals surface area contributed by atoms with Crippen molar-refractivity contribution in [2.75, 3.05) is 24.1 Å². The highest BCUT2D eigenvalue weighted by molar-refractivity contribution is 5.89. The summed E-state index contributed by atoms with van der Waals surface area (Å²) in [7, 11) is 0. The van der Waals surface area contributed by atoms with Gasteiger partial charge < -0.3 is 16.0 Å². The van der Waals surface area contributed by atoms with E-state index in [4.69, 9.17) is 5.73 Å². The average Bonchev–Trinajstić information content (AvgIpc) is 2.39. The fraction of sp³-hybridized carbons (Fsp3) is 0.500. The molecule has 2 amide bonds. The summed E-state index contributed by atoms with van der Waals surface area (Å²) in [5.74, 6) is 0.779. The molecule has 1 fully saturated rings. The molecule has 4 heteroatoms. The first-order valence-corrected chi connectivity index (χ1v) is 6.60. The molecule has 0 aliphatic carbocycles. The van der Waals surface area contributed by atoms with Crippen molar-refractivity contribution in [2.24, 2.45) is 5.92 Å². The highest BCUT2D eigenvalue weighted by Gasteiger charge is 2.21. The second-order valence-corrected chi connectivity index (χ2v) is 4.89. The molecule has 1 aromatic rings. The molecule has 1 heterocycles. The van der Waals surface area contributed by atoms with Crippen LogP contribution in [0.5, 0.6) is 0 Å². The Morgan fingerprint density at radius 3 is 2.78 bits per heavy atom. The van der Waals surface area contributed by atoms with Gasteiger partial charge in [-0.2, -0.15) is 0 Å². The molecule has 1 aliphatic heterocycles. The van der Waals surface area contributed by atoms with Crippen LogP contribution in [0.2, 0.25) is 0 Å². The molecular formula is C14H21N3O. The van der Waals surface area contributed by atoms with E-state index >= 15 is 0 Å². The van der Waals surface area contributed by atoms with Crippen LogP contribution >= 0.6 is 0 Å². The number of anilines is 2. The Bertz CT molecular complexity index is 411. The Balaban J connectivity index is 1.89. The molecule has 3 N–H and O–H groups in total. The molecule has 0 spiro atoms. The predicted octanol–water partition coefficient (Wildman–Crippen LogP) is 2.92. The lowest BCUT2D eigenvalue weighted by Gasteiger charge is -2.31. The SMILES string of the molecule is CCC1CCN(C(=O)Nc2cccc(N)c2)CC1. The molecule has 0 saturated carbocycles. The average molecular weight is 247 g/mol. The number of amides is 2. The molecule has 98 valence electrons. The Labute approximate surface area is 108 Å². The van der Waals surface area contributed by atoms with E-state index in [1.54, 1.807) is 6.07 Å². The van der Waals surface area contributed by atoms with Crippen LogP contribution in [0.1, 0.15) is 26.2 Å². The van der Waals surface area contributed by atoms with Gasteiger partial charge in [-0.1, -0.05) is 19.4 Å². The van der Waals surface area contributed by atoms with Crippen molar-refractivity contribution in [3.8, 4) is 0 Å². The zero-order valence-electron chi connectivity index (χ0n) is 10.9. The molecule has 0 bridgehead atoms. The maximum absolute atomic E-state index is 12.0. The maximum Gasteiger partial charge on any atom is 0.321 e. The van der Waals surface area contributed by atoms with Gasteiger partial charge in [-0.15, -0.1) is 0 Å². The summed E-state index contributed by atoms with van der Waals surface area (Å²) in [6, 6.07) is 7.26. The number of piperidine rings is 1. The fourth-order valence-electron chi connectivity index (χ4n) is 2.36. The molecule has 0 radical (unpaired) electrons. The maximum atomic E-state index is 12.0. The zero-order chi connectivity index (χ0) is 13.0. The lowest BCUT2D eigenvalue weighted by molar-refractivity contribution is 0.181. The molecule has 0 atom stereocenters. The summed E-state index contributed by atoms with van der Waals surface area (Å²) in [6.07, 6.45) is 3.44. The quantitative estimate of drug-likeness (QED) is 0.789. The van der Waals surface area contributed by atoms with Gasteiger partial charge in [0.2, 0.25) is 0 Å². The molecular weight excluding hydrogens is 226 g/mol. The number of carbonyl (C=O) groups excluding carboxylic acids is 1. The highest BCUT2D eigenvalue weighted by atomic mass is 16.2. The molecule has 2 rings (SSSR count). The minimum atomic E-state index is -0.0184. The van der Waals surface area contributed by atoms with E-state index in [1.807, 2.05) is 23.1 Å². The number of nitrogen functional groups attached to an aromatic ring is 1. The first kappa shape index (κ1) is 12.7. The summed E-state index contributed by atoms with van der Waals surface area (Å²) < 4.78 is 0. The number of nitrogens with one attached hydrogen (secondary N) is 1. The molecule has 1 aromatic carbocycles. The lowest BCUT2D eigenvalue weighted by atomic mass is 9.95. The van der Waals surface area contributed by atoms with Gasteiger partial charge in [-0.05, 0) is 37.0 Å². The smallest absolute Gasteiger partial charge is 0.321 e. The van der Waals surface area contributed by atoms with Crippen LogP contribution in [0.4, 0.5) is 16.2 Å². The van der Waals surface area contributed by atoms with E-state index in [-0.39, 0.29) is 6.03 Å². The Morgan fingerprint density at radius 2 is 2.17 bits per heavy atom.